The Bertz CT molecular complexity index is 316. The van der Waals surface area contributed by atoms with Crippen LogP contribution < -0.4 is 11.1 Å². The molecule has 0 radical (unpaired) electrons. The van der Waals surface area contributed by atoms with Crippen LogP contribution in [-0.2, 0) is 4.79 Å². The first kappa shape index (κ1) is 12.4. The molecule has 4 nitrogen and oxygen atoms in total. The number of nitrogens with zero attached hydrogens (tertiary/aromatic N) is 1. The molecule has 2 saturated carbocycles. The van der Waals surface area contributed by atoms with Gasteiger partial charge in [0.15, 0.2) is 0 Å². The number of amides is 1. The van der Waals surface area contributed by atoms with Gasteiger partial charge in [-0.1, -0.05) is 6.42 Å². The Labute approximate surface area is 109 Å². The fraction of sp³-hybridized carbons (Fsp3) is 0.929. The van der Waals surface area contributed by atoms with Gasteiger partial charge in [0.2, 0.25) is 5.91 Å². The summed E-state index contributed by atoms with van der Waals surface area (Å²) in [6, 6.07) is 1.13. The van der Waals surface area contributed by atoms with E-state index < -0.39 is 0 Å². The van der Waals surface area contributed by atoms with E-state index in [9.17, 15) is 4.79 Å². The van der Waals surface area contributed by atoms with Crippen LogP contribution in [0, 0.1) is 5.92 Å². The van der Waals surface area contributed by atoms with Crippen LogP contribution in [-0.4, -0.2) is 42.0 Å². The van der Waals surface area contributed by atoms with E-state index in [4.69, 9.17) is 5.73 Å². The number of carbonyl (C=O) groups is 1. The minimum absolute atomic E-state index is 0.142. The second-order valence-electron chi connectivity index (χ2n) is 6.29. The highest BCUT2D eigenvalue weighted by Gasteiger charge is 2.37. The predicted molar refractivity (Wildman–Crippen MR) is 71.1 cm³/mol. The molecule has 0 aromatic rings. The van der Waals surface area contributed by atoms with Crippen molar-refractivity contribution in [1.29, 1.82) is 0 Å². The Balaban J connectivity index is 1.59. The van der Waals surface area contributed by atoms with E-state index >= 15 is 0 Å². The highest BCUT2D eigenvalue weighted by atomic mass is 16.1. The first-order valence-corrected chi connectivity index (χ1v) is 7.53. The largest absolute Gasteiger partial charge is 0.368 e. The molecule has 3 atom stereocenters. The van der Waals surface area contributed by atoms with Crippen LogP contribution in [0.1, 0.15) is 44.9 Å². The second kappa shape index (κ2) is 5.17. The zero-order valence-corrected chi connectivity index (χ0v) is 11.1. The smallest absolute Gasteiger partial charge is 0.235 e. The normalized spacial score (nSPS) is 34.2. The van der Waals surface area contributed by atoms with Crippen molar-refractivity contribution in [3.63, 3.8) is 0 Å². The quantitative estimate of drug-likeness (QED) is 0.762. The topological polar surface area (TPSA) is 58.4 Å². The van der Waals surface area contributed by atoms with Gasteiger partial charge in [-0.2, -0.15) is 0 Å². The minimum Gasteiger partial charge on any atom is -0.368 e. The van der Waals surface area contributed by atoms with E-state index in [-0.39, 0.29) is 11.9 Å². The van der Waals surface area contributed by atoms with Gasteiger partial charge < -0.3 is 11.1 Å². The molecule has 0 aromatic carbocycles. The van der Waals surface area contributed by atoms with Crippen LogP contribution in [0.3, 0.4) is 0 Å². The molecule has 1 aliphatic heterocycles. The molecular weight excluding hydrogens is 226 g/mol. The Morgan fingerprint density at radius 2 is 2.00 bits per heavy atom. The highest BCUT2D eigenvalue weighted by Crippen LogP contribution is 2.36. The van der Waals surface area contributed by atoms with Crippen LogP contribution >= 0.6 is 0 Å². The van der Waals surface area contributed by atoms with Crippen molar-refractivity contribution in [1.82, 2.24) is 10.2 Å². The number of rotatable bonds is 5. The van der Waals surface area contributed by atoms with E-state index in [1.165, 1.54) is 44.9 Å². The molecule has 1 heterocycles. The lowest BCUT2D eigenvalue weighted by atomic mass is 9.91. The van der Waals surface area contributed by atoms with Gasteiger partial charge in [0, 0.05) is 18.6 Å². The molecule has 3 N–H and O–H groups in total. The zero-order valence-electron chi connectivity index (χ0n) is 11.1. The van der Waals surface area contributed by atoms with Crippen molar-refractivity contribution >= 4 is 5.91 Å². The summed E-state index contributed by atoms with van der Waals surface area (Å²) < 4.78 is 0. The van der Waals surface area contributed by atoms with E-state index in [0.717, 1.165) is 25.0 Å². The summed E-state index contributed by atoms with van der Waals surface area (Å²) in [7, 11) is 0. The summed E-state index contributed by atoms with van der Waals surface area (Å²) >= 11 is 0. The van der Waals surface area contributed by atoms with E-state index in [0.29, 0.717) is 6.04 Å². The maximum Gasteiger partial charge on any atom is 0.235 e. The molecule has 0 spiro atoms. The number of carbonyl (C=O) groups excluding carboxylic acids is 1. The van der Waals surface area contributed by atoms with Crippen molar-refractivity contribution in [2.24, 2.45) is 11.7 Å². The van der Waals surface area contributed by atoms with Crippen LogP contribution in [0.5, 0.6) is 0 Å². The molecule has 1 saturated heterocycles. The fourth-order valence-corrected chi connectivity index (χ4v) is 3.78. The Morgan fingerprint density at radius 1 is 1.22 bits per heavy atom. The van der Waals surface area contributed by atoms with Crippen molar-refractivity contribution in [2.45, 2.75) is 63.1 Å². The van der Waals surface area contributed by atoms with Gasteiger partial charge in [0.05, 0.1) is 6.04 Å². The molecule has 4 heteroatoms. The number of likely N-dealkylation sites (tertiary alicyclic amines) is 1. The summed E-state index contributed by atoms with van der Waals surface area (Å²) in [5, 5.41) is 3.40. The Kier molecular flexibility index (Phi) is 3.57. The number of piperidine rings is 1. The predicted octanol–water partition coefficient (Wildman–Crippen LogP) is 0.857. The molecule has 0 bridgehead atoms. The lowest BCUT2D eigenvalue weighted by Gasteiger charge is -2.39. The standard InChI is InChI=1S/C14H25N3O/c15-14(18)12(16-11-6-7-11)9-17-8-2-4-10-3-1-5-13(10)17/h10-13,16H,1-9H2,(H2,15,18). The second-order valence-corrected chi connectivity index (χ2v) is 6.29. The molecular formula is C14H25N3O. The monoisotopic (exact) mass is 251 g/mol. The van der Waals surface area contributed by atoms with Crippen molar-refractivity contribution in [3.05, 3.63) is 0 Å². The third-order valence-electron chi connectivity index (χ3n) is 4.88. The van der Waals surface area contributed by atoms with Gasteiger partial charge >= 0.3 is 0 Å². The average Bonchev–Trinajstić information content (AvgIpc) is 3.03. The molecule has 0 aromatic heterocycles. The van der Waals surface area contributed by atoms with Gasteiger partial charge in [-0.05, 0) is 51.0 Å². The first-order valence-electron chi connectivity index (χ1n) is 7.53. The molecule has 3 aliphatic rings. The molecule has 3 unspecified atom stereocenters. The highest BCUT2D eigenvalue weighted by molar-refractivity contribution is 5.80. The van der Waals surface area contributed by atoms with Crippen LogP contribution in [0.4, 0.5) is 0 Å². The van der Waals surface area contributed by atoms with Crippen LogP contribution in [0.25, 0.3) is 0 Å². The number of nitrogens with two attached hydrogens (primary N) is 1. The van der Waals surface area contributed by atoms with Gasteiger partial charge in [0.1, 0.15) is 0 Å². The Hall–Kier alpha value is -0.610. The molecule has 3 rings (SSSR count). The van der Waals surface area contributed by atoms with Gasteiger partial charge in [-0.15, -0.1) is 0 Å². The summed E-state index contributed by atoms with van der Waals surface area (Å²) in [4.78, 5) is 14.1. The molecule has 3 fully saturated rings. The Morgan fingerprint density at radius 3 is 2.72 bits per heavy atom. The maximum absolute atomic E-state index is 11.6. The number of nitrogens with one attached hydrogen (secondary N) is 1. The van der Waals surface area contributed by atoms with E-state index in [1.807, 2.05) is 0 Å². The third kappa shape index (κ3) is 2.69. The number of primary amides is 1. The van der Waals surface area contributed by atoms with E-state index in [1.54, 1.807) is 0 Å². The minimum atomic E-state index is -0.179. The van der Waals surface area contributed by atoms with Crippen molar-refractivity contribution in [2.75, 3.05) is 13.1 Å². The van der Waals surface area contributed by atoms with Crippen LogP contribution in [0.2, 0.25) is 0 Å². The SMILES string of the molecule is NC(=O)C(CN1CCCC2CCCC21)NC1CC1. The summed E-state index contributed by atoms with van der Waals surface area (Å²) in [5.41, 5.74) is 5.54. The molecule has 18 heavy (non-hydrogen) atoms. The van der Waals surface area contributed by atoms with Crippen molar-refractivity contribution in [3.8, 4) is 0 Å². The van der Waals surface area contributed by atoms with Gasteiger partial charge in [-0.3, -0.25) is 9.69 Å². The van der Waals surface area contributed by atoms with Gasteiger partial charge in [0.25, 0.3) is 0 Å². The molecule has 1 amide bonds. The zero-order chi connectivity index (χ0) is 12.5. The molecule has 102 valence electrons. The first-order chi connectivity index (χ1) is 8.74. The van der Waals surface area contributed by atoms with E-state index in [2.05, 4.69) is 10.2 Å². The summed E-state index contributed by atoms with van der Waals surface area (Å²) in [5.74, 6) is 0.704. The summed E-state index contributed by atoms with van der Waals surface area (Å²) in [6.45, 7) is 1.98. The van der Waals surface area contributed by atoms with Crippen LogP contribution in [0.15, 0.2) is 0 Å². The molecule has 2 aliphatic carbocycles. The maximum atomic E-state index is 11.6. The van der Waals surface area contributed by atoms with Crippen molar-refractivity contribution < 1.29 is 4.79 Å². The average molecular weight is 251 g/mol. The summed E-state index contributed by atoms with van der Waals surface area (Å²) in [6.07, 6.45) is 9.15. The third-order valence-corrected chi connectivity index (χ3v) is 4.88. The van der Waals surface area contributed by atoms with Gasteiger partial charge in [-0.25, -0.2) is 0 Å². The number of hydrogen-bond acceptors (Lipinski definition) is 3. The lowest BCUT2D eigenvalue weighted by molar-refractivity contribution is -0.120. The number of hydrogen-bond donors (Lipinski definition) is 2. The fourth-order valence-electron chi connectivity index (χ4n) is 3.78. The number of fused-ring (bicyclic) bond motifs is 1. The lowest BCUT2D eigenvalue weighted by Crippen LogP contribution is -2.54.